The molecule has 0 radical (unpaired) electrons. The average molecular weight is 362 g/mol. The summed E-state index contributed by atoms with van der Waals surface area (Å²) in [4.78, 5) is 26.1. The van der Waals surface area contributed by atoms with Gasteiger partial charge in [0.05, 0.1) is 11.3 Å². The third kappa shape index (κ3) is 4.22. The molecule has 0 spiro atoms. The van der Waals surface area contributed by atoms with Crippen LogP contribution in [0.5, 0.6) is 0 Å². The van der Waals surface area contributed by atoms with E-state index < -0.39 is 6.17 Å². The van der Waals surface area contributed by atoms with E-state index in [9.17, 15) is 9.18 Å². The summed E-state index contributed by atoms with van der Waals surface area (Å²) >= 11 is 1.68. The number of halogens is 1. The first-order valence-electron chi connectivity index (χ1n) is 8.40. The molecule has 1 saturated heterocycles. The lowest BCUT2D eigenvalue weighted by Gasteiger charge is -2.28. The number of nitrogens with zero attached hydrogens (tertiary/aromatic N) is 4. The fraction of sp³-hybridized carbons (Fsp3) is 0.500. The number of amides is 1. The van der Waals surface area contributed by atoms with Crippen molar-refractivity contribution in [3.63, 3.8) is 0 Å². The summed E-state index contributed by atoms with van der Waals surface area (Å²) in [5, 5.41) is 2.03. The van der Waals surface area contributed by atoms with Crippen LogP contribution in [0.2, 0.25) is 0 Å². The van der Waals surface area contributed by atoms with Gasteiger partial charge in [0, 0.05) is 43.8 Å². The fourth-order valence-corrected chi connectivity index (χ4v) is 4.04. The molecule has 0 unspecified atom stereocenters. The van der Waals surface area contributed by atoms with Gasteiger partial charge in [-0.1, -0.05) is 6.07 Å². The summed E-state index contributed by atoms with van der Waals surface area (Å²) in [5.41, 5.74) is 1.18. The summed E-state index contributed by atoms with van der Waals surface area (Å²) in [6.07, 6.45) is 1.21. The van der Waals surface area contributed by atoms with Crippen molar-refractivity contribution in [2.24, 2.45) is 0 Å². The zero-order valence-corrected chi connectivity index (χ0v) is 15.6. The van der Waals surface area contributed by atoms with E-state index in [-0.39, 0.29) is 11.9 Å². The number of rotatable bonds is 5. The van der Waals surface area contributed by atoms with Crippen LogP contribution in [-0.2, 0) is 6.54 Å². The van der Waals surface area contributed by atoms with E-state index in [1.165, 1.54) is 4.88 Å². The lowest BCUT2D eigenvalue weighted by atomic mass is 10.1. The monoisotopic (exact) mass is 362 g/mol. The molecule has 2 aromatic rings. The number of carbonyl (C=O) groups excluding carboxylic acids is 1. The number of hydrogen-bond donors (Lipinski definition) is 0. The Kier molecular flexibility index (Phi) is 5.44. The second-order valence-electron chi connectivity index (χ2n) is 6.60. The molecule has 1 fully saturated rings. The number of likely N-dealkylation sites (N-methyl/N-ethyl adjacent to an activating group) is 1. The minimum atomic E-state index is -0.835. The van der Waals surface area contributed by atoms with Crippen LogP contribution in [0.1, 0.15) is 33.2 Å². The van der Waals surface area contributed by atoms with Gasteiger partial charge in [-0.15, -0.1) is 11.3 Å². The van der Waals surface area contributed by atoms with E-state index in [4.69, 9.17) is 0 Å². The Bertz CT molecular complexity index is 737. The van der Waals surface area contributed by atoms with Crippen LogP contribution in [0.15, 0.2) is 23.7 Å². The summed E-state index contributed by atoms with van der Waals surface area (Å²) < 4.78 is 14.0. The predicted octanol–water partition coefficient (Wildman–Crippen LogP) is 2.84. The minimum absolute atomic E-state index is 0.0257. The van der Waals surface area contributed by atoms with Crippen LogP contribution < -0.4 is 0 Å². The molecule has 0 aliphatic carbocycles. The number of aromatic nitrogens is 2. The molecular weight excluding hydrogens is 339 g/mol. The molecule has 0 saturated carbocycles. The maximum atomic E-state index is 14.0. The second-order valence-corrected chi connectivity index (χ2v) is 7.63. The molecule has 25 heavy (non-hydrogen) atoms. The van der Waals surface area contributed by atoms with Crippen molar-refractivity contribution in [1.82, 2.24) is 19.8 Å². The molecule has 2 atom stereocenters. The average Bonchev–Trinajstić information content (AvgIpc) is 3.17. The standard InChI is InChI=1S/C18H23FN4OS/c1-12-17(8-20-13(2)21-12)18(24)22(3)10-15-7-14(19)9-23(15)11-16-5-4-6-25-16/h4-6,8,14-15H,7,9-11H2,1-3H3/t14-,15-/m0/s1. The minimum Gasteiger partial charge on any atom is -0.340 e. The smallest absolute Gasteiger partial charge is 0.257 e. The molecule has 1 amide bonds. The molecule has 3 heterocycles. The van der Waals surface area contributed by atoms with Crippen molar-refractivity contribution >= 4 is 17.2 Å². The molecule has 0 N–H and O–H groups in total. The van der Waals surface area contributed by atoms with Crippen molar-refractivity contribution in [2.45, 2.75) is 39.0 Å². The summed E-state index contributed by atoms with van der Waals surface area (Å²) in [5.74, 6) is 0.533. The molecule has 5 nitrogen and oxygen atoms in total. The molecule has 134 valence electrons. The van der Waals surface area contributed by atoms with E-state index in [1.54, 1.807) is 36.4 Å². The Hall–Kier alpha value is -1.86. The molecule has 1 aliphatic heterocycles. The lowest BCUT2D eigenvalue weighted by Crippen LogP contribution is -2.41. The van der Waals surface area contributed by atoms with Crippen molar-refractivity contribution in [2.75, 3.05) is 20.1 Å². The van der Waals surface area contributed by atoms with Crippen LogP contribution in [0, 0.1) is 13.8 Å². The Morgan fingerprint density at radius 2 is 2.28 bits per heavy atom. The summed E-state index contributed by atoms with van der Waals surface area (Å²) in [7, 11) is 1.76. The van der Waals surface area contributed by atoms with Crippen molar-refractivity contribution in [3.05, 3.63) is 45.7 Å². The normalized spacial score (nSPS) is 20.8. The fourth-order valence-electron chi connectivity index (χ4n) is 3.31. The highest BCUT2D eigenvalue weighted by Gasteiger charge is 2.34. The van der Waals surface area contributed by atoms with Gasteiger partial charge < -0.3 is 4.90 Å². The number of thiophene rings is 1. The molecule has 2 aromatic heterocycles. The van der Waals surface area contributed by atoms with E-state index in [0.29, 0.717) is 36.6 Å². The highest BCUT2D eigenvalue weighted by molar-refractivity contribution is 7.09. The van der Waals surface area contributed by atoms with Crippen LogP contribution >= 0.6 is 11.3 Å². The van der Waals surface area contributed by atoms with E-state index in [0.717, 1.165) is 6.54 Å². The number of hydrogen-bond acceptors (Lipinski definition) is 5. The van der Waals surface area contributed by atoms with Gasteiger partial charge >= 0.3 is 0 Å². The Morgan fingerprint density at radius 3 is 2.96 bits per heavy atom. The summed E-state index contributed by atoms with van der Waals surface area (Å²) in [6, 6.07) is 4.10. The van der Waals surface area contributed by atoms with E-state index in [1.807, 2.05) is 18.4 Å². The number of aryl methyl sites for hydroxylation is 2. The SMILES string of the molecule is Cc1ncc(C(=O)N(C)C[C@@H]2C[C@H](F)CN2Cc2cccs2)c(C)n1. The molecule has 1 aliphatic rings. The molecular formula is C18H23FN4OS. The number of alkyl halides is 1. The van der Waals surface area contributed by atoms with E-state index >= 15 is 0 Å². The zero-order valence-electron chi connectivity index (χ0n) is 14.8. The van der Waals surface area contributed by atoms with Crippen LogP contribution in [0.4, 0.5) is 4.39 Å². The van der Waals surface area contributed by atoms with Gasteiger partial charge in [0.25, 0.3) is 5.91 Å². The Balaban J connectivity index is 1.67. The third-order valence-corrected chi connectivity index (χ3v) is 5.44. The highest BCUT2D eigenvalue weighted by atomic mass is 32.1. The zero-order chi connectivity index (χ0) is 18.0. The van der Waals surface area contributed by atoms with Crippen molar-refractivity contribution < 1.29 is 9.18 Å². The largest absolute Gasteiger partial charge is 0.340 e. The first-order chi connectivity index (χ1) is 11.9. The highest BCUT2D eigenvalue weighted by Crippen LogP contribution is 2.25. The third-order valence-electron chi connectivity index (χ3n) is 4.58. The molecule has 3 rings (SSSR count). The number of carbonyl (C=O) groups is 1. The van der Waals surface area contributed by atoms with Gasteiger partial charge in [-0.05, 0) is 31.7 Å². The lowest BCUT2D eigenvalue weighted by molar-refractivity contribution is 0.0748. The van der Waals surface area contributed by atoms with Gasteiger partial charge in [0.15, 0.2) is 0 Å². The van der Waals surface area contributed by atoms with Gasteiger partial charge in [-0.2, -0.15) is 0 Å². The quantitative estimate of drug-likeness (QED) is 0.821. The van der Waals surface area contributed by atoms with Crippen LogP contribution in [-0.4, -0.2) is 58.0 Å². The topological polar surface area (TPSA) is 49.3 Å². The van der Waals surface area contributed by atoms with Crippen LogP contribution in [0.3, 0.4) is 0 Å². The first kappa shape index (κ1) is 17.9. The second kappa shape index (κ2) is 7.58. The summed E-state index contributed by atoms with van der Waals surface area (Å²) in [6.45, 7) is 5.27. The first-order valence-corrected chi connectivity index (χ1v) is 9.28. The Labute approximate surface area is 151 Å². The van der Waals surface area contributed by atoms with E-state index in [2.05, 4.69) is 20.9 Å². The van der Waals surface area contributed by atoms with Crippen molar-refractivity contribution in [3.8, 4) is 0 Å². The van der Waals surface area contributed by atoms with Crippen molar-refractivity contribution in [1.29, 1.82) is 0 Å². The predicted molar refractivity (Wildman–Crippen MR) is 96.5 cm³/mol. The van der Waals surface area contributed by atoms with Gasteiger partial charge in [0.1, 0.15) is 12.0 Å². The molecule has 0 bridgehead atoms. The van der Waals surface area contributed by atoms with Crippen LogP contribution in [0.25, 0.3) is 0 Å². The molecule has 7 heteroatoms. The maximum absolute atomic E-state index is 14.0. The van der Waals surface area contributed by atoms with Gasteiger partial charge in [-0.3, -0.25) is 9.69 Å². The van der Waals surface area contributed by atoms with Gasteiger partial charge in [-0.25, -0.2) is 14.4 Å². The molecule has 0 aromatic carbocycles. The van der Waals surface area contributed by atoms with Gasteiger partial charge in [0.2, 0.25) is 0 Å². The maximum Gasteiger partial charge on any atom is 0.257 e. The Morgan fingerprint density at radius 1 is 1.48 bits per heavy atom. The number of likely N-dealkylation sites (tertiary alicyclic amines) is 1.